The van der Waals surface area contributed by atoms with Gasteiger partial charge in [0.1, 0.15) is 5.82 Å². The summed E-state index contributed by atoms with van der Waals surface area (Å²) in [6.45, 7) is 2.04. The lowest BCUT2D eigenvalue weighted by molar-refractivity contribution is 0.396. The summed E-state index contributed by atoms with van der Waals surface area (Å²) in [5.74, 6) is 1.11. The van der Waals surface area contributed by atoms with Gasteiger partial charge in [-0.3, -0.25) is 0 Å². The SMILES string of the molecule is CN(C)CCCCNc1ccnc(N)n1. The molecule has 0 radical (unpaired) electrons. The zero-order valence-electron chi connectivity index (χ0n) is 9.40. The third-order valence-electron chi connectivity index (χ3n) is 2.01. The Morgan fingerprint density at radius 1 is 1.40 bits per heavy atom. The fraction of sp³-hybridized carbons (Fsp3) is 0.600. The van der Waals surface area contributed by atoms with E-state index in [0.29, 0.717) is 5.95 Å². The maximum absolute atomic E-state index is 5.46. The van der Waals surface area contributed by atoms with Crippen molar-refractivity contribution in [3.8, 4) is 0 Å². The van der Waals surface area contributed by atoms with Crippen LogP contribution in [-0.4, -0.2) is 42.1 Å². The number of hydrogen-bond donors (Lipinski definition) is 2. The van der Waals surface area contributed by atoms with Crippen molar-refractivity contribution in [2.24, 2.45) is 0 Å². The predicted octanol–water partition coefficient (Wildman–Crippen LogP) is 0.812. The molecule has 3 N–H and O–H groups in total. The topological polar surface area (TPSA) is 67.1 Å². The summed E-state index contributed by atoms with van der Waals surface area (Å²) < 4.78 is 0. The molecule has 0 bridgehead atoms. The molecule has 1 rings (SSSR count). The van der Waals surface area contributed by atoms with E-state index in [2.05, 4.69) is 34.3 Å². The molecule has 0 aliphatic carbocycles. The van der Waals surface area contributed by atoms with Gasteiger partial charge in [0, 0.05) is 12.7 Å². The second-order valence-electron chi connectivity index (χ2n) is 3.74. The fourth-order valence-electron chi connectivity index (χ4n) is 1.24. The highest BCUT2D eigenvalue weighted by Gasteiger charge is 1.95. The van der Waals surface area contributed by atoms with Crippen LogP contribution >= 0.6 is 0 Å². The number of unbranched alkanes of at least 4 members (excludes halogenated alkanes) is 1. The van der Waals surface area contributed by atoms with E-state index < -0.39 is 0 Å². The summed E-state index contributed by atoms with van der Waals surface area (Å²) in [4.78, 5) is 10.1. The number of anilines is 2. The molecule has 1 heterocycles. The monoisotopic (exact) mass is 209 g/mol. The van der Waals surface area contributed by atoms with Gasteiger partial charge in [-0.1, -0.05) is 0 Å². The number of rotatable bonds is 6. The van der Waals surface area contributed by atoms with Gasteiger partial charge in [0.15, 0.2) is 0 Å². The second-order valence-corrected chi connectivity index (χ2v) is 3.74. The molecule has 0 fully saturated rings. The van der Waals surface area contributed by atoms with Crippen LogP contribution in [-0.2, 0) is 0 Å². The molecule has 0 spiro atoms. The van der Waals surface area contributed by atoms with Crippen molar-refractivity contribution in [1.29, 1.82) is 0 Å². The largest absolute Gasteiger partial charge is 0.370 e. The molecule has 0 saturated carbocycles. The molecule has 1 aromatic heterocycles. The van der Waals surface area contributed by atoms with Crippen LogP contribution in [0.4, 0.5) is 11.8 Å². The normalized spacial score (nSPS) is 10.6. The Morgan fingerprint density at radius 2 is 2.20 bits per heavy atom. The molecule has 1 aromatic rings. The standard InChI is InChI=1S/C10H19N5/c1-15(2)8-4-3-6-12-9-5-7-13-10(11)14-9/h5,7H,3-4,6,8H2,1-2H3,(H3,11,12,13,14). The summed E-state index contributed by atoms with van der Waals surface area (Å²) in [5.41, 5.74) is 5.46. The number of aromatic nitrogens is 2. The van der Waals surface area contributed by atoms with E-state index in [4.69, 9.17) is 5.73 Å². The minimum absolute atomic E-state index is 0.313. The molecule has 5 nitrogen and oxygen atoms in total. The number of nitrogens with zero attached hydrogens (tertiary/aromatic N) is 3. The quantitative estimate of drug-likeness (QED) is 0.679. The van der Waals surface area contributed by atoms with Gasteiger partial charge >= 0.3 is 0 Å². The van der Waals surface area contributed by atoms with Crippen LogP contribution in [0.15, 0.2) is 12.3 Å². The molecule has 84 valence electrons. The first-order chi connectivity index (χ1) is 7.18. The van der Waals surface area contributed by atoms with Gasteiger partial charge in [0.2, 0.25) is 5.95 Å². The van der Waals surface area contributed by atoms with Gasteiger partial charge < -0.3 is 16.0 Å². The van der Waals surface area contributed by atoms with Crippen LogP contribution in [0.2, 0.25) is 0 Å². The fourth-order valence-corrected chi connectivity index (χ4v) is 1.24. The number of nitrogens with two attached hydrogens (primary N) is 1. The highest BCUT2D eigenvalue weighted by Crippen LogP contribution is 2.02. The van der Waals surface area contributed by atoms with Crippen molar-refractivity contribution < 1.29 is 0 Å². The van der Waals surface area contributed by atoms with E-state index in [0.717, 1.165) is 25.3 Å². The average Bonchev–Trinajstić information content (AvgIpc) is 2.17. The van der Waals surface area contributed by atoms with Crippen molar-refractivity contribution in [2.75, 3.05) is 38.2 Å². The Morgan fingerprint density at radius 3 is 2.87 bits per heavy atom. The summed E-state index contributed by atoms with van der Waals surface area (Å²) >= 11 is 0. The molecule has 0 aromatic carbocycles. The van der Waals surface area contributed by atoms with Gasteiger partial charge in [-0.25, -0.2) is 4.98 Å². The van der Waals surface area contributed by atoms with Crippen LogP contribution in [0.5, 0.6) is 0 Å². The summed E-state index contributed by atoms with van der Waals surface area (Å²) in [6, 6.07) is 1.82. The van der Waals surface area contributed by atoms with E-state index in [1.807, 2.05) is 6.07 Å². The Balaban J connectivity index is 2.15. The number of nitrogens with one attached hydrogen (secondary N) is 1. The lowest BCUT2D eigenvalue weighted by Crippen LogP contribution is -2.14. The lowest BCUT2D eigenvalue weighted by atomic mass is 10.3. The molecular formula is C10H19N5. The molecule has 15 heavy (non-hydrogen) atoms. The van der Waals surface area contributed by atoms with Crippen LogP contribution in [0.25, 0.3) is 0 Å². The molecule has 5 heteroatoms. The van der Waals surface area contributed by atoms with Gasteiger partial charge in [0.25, 0.3) is 0 Å². The molecule has 0 unspecified atom stereocenters. The van der Waals surface area contributed by atoms with E-state index in [9.17, 15) is 0 Å². The Hall–Kier alpha value is -1.36. The van der Waals surface area contributed by atoms with E-state index >= 15 is 0 Å². The zero-order valence-corrected chi connectivity index (χ0v) is 9.40. The molecule has 0 saturated heterocycles. The minimum Gasteiger partial charge on any atom is -0.370 e. The molecule has 0 amide bonds. The lowest BCUT2D eigenvalue weighted by Gasteiger charge is -2.09. The Labute approximate surface area is 90.7 Å². The van der Waals surface area contributed by atoms with Crippen LogP contribution in [0, 0.1) is 0 Å². The first-order valence-electron chi connectivity index (χ1n) is 5.15. The smallest absolute Gasteiger partial charge is 0.221 e. The van der Waals surface area contributed by atoms with E-state index in [1.165, 1.54) is 6.42 Å². The van der Waals surface area contributed by atoms with Crippen LogP contribution in [0.3, 0.4) is 0 Å². The summed E-state index contributed by atoms with van der Waals surface area (Å²) in [5, 5.41) is 3.21. The average molecular weight is 209 g/mol. The third-order valence-corrected chi connectivity index (χ3v) is 2.01. The first kappa shape index (κ1) is 11.7. The maximum atomic E-state index is 5.46. The maximum Gasteiger partial charge on any atom is 0.221 e. The molecule has 0 atom stereocenters. The zero-order chi connectivity index (χ0) is 11.1. The van der Waals surface area contributed by atoms with Crippen molar-refractivity contribution in [3.05, 3.63) is 12.3 Å². The summed E-state index contributed by atoms with van der Waals surface area (Å²) in [7, 11) is 4.16. The van der Waals surface area contributed by atoms with Gasteiger partial charge in [-0.15, -0.1) is 0 Å². The number of hydrogen-bond acceptors (Lipinski definition) is 5. The molecular weight excluding hydrogens is 190 g/mol. The second kappa shape index (κ2) is 6.19. The van der Waals surface area contributed by atoms with E-state index in [1.54, 1.807) is 6.20 Å². The third kappa shape index (κ3) is 5.17. The van der Waals surface area contributed by atoms with Crippen molar-refractivity contribution in [3.63, 3.8) is 0 Å². The van der Waals surface area contributed by atoms with Crippen molar-refractivity contribution in [1.82, 2.24) is 14.9 Å². The van der Waals surface area contributed by atoms with Gasteiger partial charge in [-0.05, 0) is 39.5 Å². The van der Waals surface area contributed by atoms with Crippen LogP contribution < -0.4 is 11.1 Å². The number of nitrogen functional groups attached to an aromatic ring is 1. The summed E-state index contributed by atoms with van der Waals surface area (Å²) in [6.07, 6.45) is 3.97. The molecule has 0 aliphatic rings. The van der Waals surface area contributed by atoms with Gasteiger partial charge in [0.05, 0.1) is 0 Å². The van der Waals surface area contributed by atoms with Crippen LogP contribution in [0.1, 0.15) is 12.8 Å². The minimum atomic E-state index is 0.313. The highest BCUT2D eigenvalue weighted by molar-refractivity contribution is 5.36. The van der Waals surface area contributed by atoms with Crippen molar-refractivity contribution >= 4 is 11.8 Å². The Bertz CT molecular complexity index is 287. The van der Waals surface area contributed by atoms with Crippen molar-refractivity contribution in [2.45, 2.75) is 12.8 Å². The first-order valence-corrected chi connectivity index (χ1v) is 5.15. The molecule has 0 aliphatic heterocycles. The predicted molar refractivity (Wildman–Crippen MR) is 62.7 cm³/mol. The van der Waals surface area contributed by atoms with Gasteiger partial charge in [-0.2, -0.15) is 4.98 Å². The van der Waals surface area contributed by atoms with E-state index in [-0.39, 0.29) is 0 Å². The Kier molecular flexibility index (Phi) is 4.83. The highest BCUT2D eigenvalue weighted by atomic mass is 15.1.